The minimum Gasteiger partial charge on any atom is -0.317 e. The standard InChI is InChI=1S/C24H32N4OS2/c1-15(2)28-13-11-16-19(14-28)31-23(27-20(29)10-12-25-24(3,4)5)21(16)22-26-17-8-6-7-9-18(17)30-22/h6-9,15,25H,10-14H2,1-5H3,(H,27,29). The van der Waals surface area contributed by atoms with Crippen LogP contribution in [-0.4, -0.2) is 40.5 Å². The van der Waals surface area contributed by atoms with Crippen molar-refractivity contribution >= 4 is 43.8 Å². The van der Waals surface area contributed by atoms with E-state index < -0.39 is 0 Å². The number of nitrogens with zero attached hydrogens (tertiary/aromatic N) is 2. The van der Waals surface area contributed by atoms with Gasteiger partial charge in [-0.25, -0.2) is 4.98 Å². The van der Waals surface area contributed by atoms with Gasteiger partial charge in [0.25, 0.3) is 0 Å². The molecule has 0 radical (unpaired) electrons. The van der Waals surface area contributed by atoms with Gasteiger partial charge in [-0.1, -0.05) is 12.1 Å². The summed E-state index contributed by atoms with van der Waals surface area (Å²) in [5.74, 6) is 0.0541. The number of amides is 1. The van der Waals surface area contributed by atoms with Gasteiger partial charge in [0, 0.05) is 48.1 Å². The van der Waals surface area contributed by atoms with Crippen molar-refractivity contribution in [3.05, 3.63) is 34.7 Å². The minimum absolute atomic E-state index is 0.00869. The third-order valence-electron chi connectivity index (χ3n) is 5.58. The van der Waals surface area contributed by atoms with Gasteiger partial charge < -0.3 is 10.6 Å². The Morgan fingerprint density at radius 1 is 1.23 bits per heavy atom. The molecule has 0 saturated carbocycles. The lowest BCUT2D eigenvalue weighted by Gasteiger charge is -2.30. The molecule has 0 bridgehead atoms. The number of thiophene rings is 1. The summed E-state index contributed by atoms with van der Waals surface area (Å²) < 4.78 is 1.18. The van der Waals surface area contributed by atoms with Crippen molar-refractivity contribution in [2.75, 3.05) is 18.4 Å². The van der Waals surface area contributed by atoms with Crippen molar-refractivity contribution in [1.29, 1.82) is 0 Å². The number of nitrogens with one attached hydrogen (secondary N) is 2. The summed E-state index contributed by atoms with van der Waals surface area (Å²) >= 11 is 3.44. The van der Waals surface area contributed by atoms with Gasteiger partial charge in [0.05, 0.1) is 10.2 Å². The van der Waals surface area contributed by atoms with E-state index in [0.717, 1.165) is 40.6 Å². The second kappa shape index (κ2) is 8.98. The third kappa shape index (κ3) is 5.17. The lowest BCUT2D eigenvalue weighted by Crippen LogP contribution is -2.37. The Bertz CT molecular complexity index is 1040. The monoisotopic (exact) mass is 456 g/mol. The van der Waals surface area contributed by atoms with Crippen LogP contribution in [0, 0.1) is 0 Å². The average molecular weight is 457 g/mol. The summed E-state index contributed by atoms with van der Waals surface area (Å²) in [5.41, 5.74) is 3.54. The Hall–Kier alpha value is -1.80. The average Bonchev–Trinajstić information content (AvgIpc) is 3.26. The molecule has 2 aromatic heterocycles. The molecule has 0 fully saturated rings. The van der Waals surface area contributed by atoms with Crippen molar-refractivity contribution in [3.8, 4) is 10.6 Å². The first-order chi connectivity index (χ1) is 14.7. The second-order valence-electron chi connectivity index (χ2n) is 9.48. The Morgan fingerprint density at radius 3 is 2.71 bits per heavy atom. The molecule has 1 aliphatic heterocycles. The van der Waals surface area contributed by atoms with Gasteiger partial charge >= 0.3 is 0 Å². The molecule has 0 atom stereocenters. The fraction of sp³-hybridized carbons (Fsp3) is 0.500. The molecule has 0 unspecified atom stereocenters. The SMILES string of the molecule is CC(C)N1CCc2c(sc(NC(=O)CCNC(C)(C)C)c2-c2nc3ccccc3s2)C1. The van der Waals surface area contributed by atoms with Gasteiger partial charge in [0.1, 0.15) is 10.0 Å². The van der Waals surface area contributed by atoms with E-state index in [4.69, 9.17) is 4.98 Å². The fourth-order valence-corrected chi connectivity index (χ4v) is 6.30. The predicted octanol–water partition coefficient (Wildman–Crippen LogP) is 5.51. The minimum atomic E-state index is 0.00869. The molecule has 4 rings (SSSR count). The van der Waals surface area contributed by atoms with Crippen LogP contribution in [0.4, 0.5) is 5.00 Å². The molecule has 7 heteroatoms. The lowest BCUT2D eigenvalue weighted by molar-refractivity contribution is -0.116. The van der Waals surface area contributed by atoms with Crippen molar-refractivity contribution in [2.45, 2.75) is 65.6 Å². The third-order valence-corrected chi connectivity index (χ3v) is 7.77. The maximum Gasteiger partial charge on any atom is 0.226 e. The molecule has 3 heterocycles. The van der Waals surface area contributed by atoms with Crippen LogP contribution >= 0.6 is 22.7 Å². The first kappa shape index (κ1) is 22.4. The Labute approximate surface area is 192 Å². The highest BCUT2D eigenvalue weighted by atomic mass is 32.1. The molecule has 1 aliphatic rings. The van der Waals surface area contributed by atoms with Crippen LogP contribution in [0.2, 0.25) is 0 Å². The molecule has 0 aliphatic carbocycles. The fourth-order valence-electron chi connectivity index (χ4n) is 3.90. The number of rotatable bonds is 6. The maximum atomic E-state index is 12.8. The van der Waals surface area contributed by atoms with Crippen molar-refractivity contribution in [2.24, 2.45) is 0 Å². The smallest absolute Gasteiger partial charge is 0.226 e. The molecule has 2 N–H and O–H groups in total. The van der Waals surface area contributed by atoms with Gasteiger partial charge in [0.15, 0.2) is 0 Å². The molecule has 1 amide bonds. The van der Waals surface area contributed by atoms with Crippen LogP contribution < -0.4 is 10.6 Å². The summed E-state index contributed by atoms with van der Waals surface area (Å²) in [5, 5.41) is 8.59. The summed E-state index contributed by atoms with van der Waals surface area (Å²) in [6, 6.07) is 8.78. The highest BCUT2D eigenvalue weighted by Crippen LogP contribution is 2.45. The Kier molecular flexibility index (Phi) is 6.49. The topological polar surface area (TPSA) is 57.3 Å². The molecule has 1 aromatic carbocycles. The van der Waals surface area contributed by atoms with Crippen LogP contribution in [0.15, 0.2) is 24.3 Å². The van der Waals surface area contributed by atoms with E-state index in [1.165, 1.54) is 15.1 Å². The van der Waals surface area contributed by atoms with Gasteiger partial charge in [-0.05, 0) is 58.7 Å². The second-order valence-corrected chi connectivity index (χ2v) is 11.6. The largest absolute Gasteiger partial charge is 0.317 e. The molecular weight excluding hydrogens is 424 g/mol. The zero-order chi connectivity index (χ0) is 22.2. The van der Waals surface area contributed by atoms with E-state index in [-0.39, 0.29) is 11.4 Å². The lowest BCUT2D eigenvalue weighted by atomic mass is 10.0. The quantitative estimate of drug-likeness (QED) is 0.514. The first-order valence-corrected chi connectivity index (χ1v) is 12.6. The zero-order valence-electron chi connectivity index (χ0n) is 19.0. The van der Waals surface area contributed by atoms with E-state index in [2.05, 4.69) is 68.4 Å². The maximum absolute atomic E-state index is 12.8. The number of benzene rings is 1. The van der Waals surface area contributed by atoms with E-state index in [1.807, 2.05) is 6.07 Å². The van der Waals surface area contributed by atoms with Crippen LogP contribution in [0.5, 0.6) is 0 Å². The number of carbonyl (C=O) groups excluding carboxylic acids is 1. The van der Waals surface area contributed by atoms with Crippen molar-refractivity contribution in [1.82, 2.24) is 15.2 Å². The van der Waals surface area contributed by atoms with Gasteiger partial charge in [-0.2, -0.15) is 0 Å². The van der Waals surface area contributed by atoms with Crippen molar-refractivity contribution < 1.29 is 4.79 Å². The van der Waals surface area contributed by atoms with Crippen LogP contribution in [0.1, 0.15) is 51.5 Å². The Balaban J connectivity index is 1.64. The molecule has 5 nitrogen and oxygen atoms in total. The number of para-hydroxylation sites is 1. The summed E-state index contributed by atoms with van der Waals surface area (Å²) in [6.07, 6.45) is 1.45. The normalized spacial score (nSPS) is 14.9. The van der Waals surface area contributed by atoms with E-state index in [9.17, 15) is 4.79 Å². The number of aromatic nitrogens is 1. The van der Waals surface area contributed by atoms with Gasteiger partial charge in [-0.15, -0.1) is 22.7 Å². The number of fused-ring (bicyclic) bond motifs is 2. The van der Waals surface area contributed by atoms with Gasteiger partial charge in [0.2, 0.25) is 5.91 Å². The summed E-state index contributed by atoms with van der Waals surface area (Å²) in [6.45, 7) is 13.5. The number of thiazole rings is 1. The van der Waals surface area contributed by atoms with E-state index in [0.29, 0.717) is 19.0 Å². The molecule has 3 aromatic rings. The number of hydrogen-bond donors (Lipinski definition) is 2. The van der Waals surface area contributed by atoms with Crippen molar-refractivity contribution in [3.63, 3.8) is 0 Å². The summed E-state index contributed by atoms with van der Waals surface area (Å²) in [4.78, 5) is 21.6. The number of carbonyl (C=O) groups is 1. The molecule has 166 valence electrons. The highest BCUT2D eigenvalue weighted by Gasteiger charge is 2.28. The van der Waals surface area contributed by atoms with Crippen LogP contribution in [0.3, 0.4) is 0 Å². The molecule has 0 saturated heterocycles. The van der Waals surface area contributed by atoms with E-state index in [1.54, 1.807) is 22.7 Å². The number of hydrogen-bond acceptors (Lipinski definition) is 6. The summed E-state index contributed by atoms with van der Waals surface area (Å²) in [7, 11) is 0. The Morgan fingerprint density at radius 2 is 2.00 bits per heavy atom. The molecule has 31 heavy (non-hydrogen) atoms. The molecular formula is C24H32N4OS2. The molecule has 0 spiro atoms. The van der Waals surface area contributed by atoms with Gasteiger partial charge in [-0.3, -0.25) is 9.69 Å². The number of anilines is 1. The highest BCUT2D eigenvalue weighted by molar-refractivity contribution is 7.22. The predicted molar refractivity (Wildman–Crippen MR) is 133 cm³/mol. The van der Waals surface area contributed by atoms with E-state index >= 15 is 0 Å². The van der Waals surface area contributed by atoms with Crippen LogP contribution in [0.25, 0.3) is 20.8 Å². The zero-order valence-corrected chi connectivity index (χ0v) is 20.7. The first-order valence-electron chi connectivity index (χ1n) is 11.0. The van der Waals surface area contributed by atoms with Crippen LogP contribution in [-0.2, 0) is 17.8 Å².